The van der Waals surface area contributed by atoms with Gasteiger partial charge in [0.25, 0.3) is 0 Å². The van der Waals surface area contributed by atoms with Gasteiger partial charge in [0.1, 0.15) is 0 Å². The summed E-state index contributed by atoms with van der Waals surface area (Å²) in [6, 6.07) is 7.74. The molecule has 0 aliphatic heterocycles. The lowest BCUT2D eigenvalue weighted by Crippen LogP contribution is -2.26. The highest BCUT2D eigenvalue weighted by Gasteiger charge is 2.16. The molecule has 1 saturated carbocycles. The molecular formula is C13H19N3O. The van der Waals surface area contributed by atoms with Crippen LogP contribution in [0.1, 0.15) is 30.4 Å². The lowest BCUT2D eigenvalue weighted by Gasteiger charge is -2.25. The van der Waals surface area contributed by atoms with Crippen molar-refractivity contribution in [1.82, 2.24) is 5.32 Å². The van der Waals surface area contributed by atoms with Gasteiger partial charge in [0.05, 0.1) is 0 Å². The standard InChI is InChI=1S/C13H19N3O/c14-13(16-17)12-6-4-11(5-7-12)9-15-8-10-2-1-3-10/h4-7,10,15,17H,1-3,8-9H2,(H2,14,16). The van der Waals surface area contributed by atoms with Crippen LogP contribution in [-0.4, -0.2) is 17.6 Å². The Balaban J connectivity index is 1.80. The van der Waals surface area contributed by atoms with E-state index in [1.807, 2.05) is 24.3 Å². The van der Waals surface area contributed by atoms with E-state index in [2.05, 4.69) is 10.5 Å². The molecule has 0 spiro atoms. The quantitative estimate of drug-likeness (QED) is 0.313. The second-order valence-corrected chi connectivity index (χ2v) is 4.61. The molecule has 0 radical (unpaired) electrons. The normalized spacial score (nSPS) is 16.8. The van der Waals surface area contributed by atoms with Crippen LogP contribution < -0.4 is 11.1 Å². The van der Waals surface area contributed by atoms with Crippen LogP contribution in [-0.2, 0) is 6.54 Å². The third kappa shape index (κ3) is 3.20. The molecule has 0 unspecified atom stereocenters. The van der Waals surface area contributed by atoms with Crippen LogP contribution >= 0.6 is 0 Å². The van der Waals surface area contributed by atoms with E-state index in [4.69, 9.17) is 10.9 Å². The summed E-state index contributed by atoms with van der Waals surface area (Å²) in [4.78, 5) is 0. The van der Waals surface area contributed by atoms with Gasteiger partial charge in [0.2, 0.25) is 0 Å². The molecule has 1 aromatic carbocycles. The Morgan fingerprint density at radius 2 is 2.06 bits per heavy atom. The fourth-order valence-electron chi connectivity index (χ4n) is 1.97. The predicted molar refractivity (Wildman–Crippen MR) is 68.0 cm³/mol. The molecular weight excluding hydrogens is 214 g/mol. The summed E-state index contributed by atoms with van der Waals surface area (Å²) in [6.07, 6.45) is 4.13. The van der Waals surface area contributed by atoms with Crippen molar-refractivity contribution >= 4 is 5.84 Å². The van der Waals surface area contributed by atoms with Gasteiger partial charge in [0, 0.05) is 12.1 Å². The van der Waals surface area contributed by atoms with Crippen molar-refractivity contribution in [3.8, 4) is 0 Å². The van der Waals surface area contributed by atoms with Gasteiger partial charge >= 0.3 is 0 Å². The highest BCUT2D eigenvalue weighted by atomic mass is 16.4. The molecule has 4 nitrogen and oxygen atoms in total. The first-order chi connectivity index (χ1) is 8.29. The third-order valence-corrected chi connectivity index (χ3v) is 3.34. The van der Waals surface area contributed by atoms with Gasteiger partial charge in [-0.05, 0) is 30.9 Å². The summed E-state index contributed by atoms with van der Waals surface area (Å²) >= 11 is 0. The van der Waals surface area contributed by atoms with E-state index in [9.17, 15) is 0 Å². The summed E-state index contributed by atoms with van der Waals surface area (Å²) in [5.74, 6) is 1.03. The van der Waals surface area contributed by atoms with Crippen molar-refractivity contribution in [3.05, 3.63) is 35.4 Å². The average Bonchev–Trinajstić information content (AvgIpc) is 2.32. The van der Waals surface area contributed by atoms with Crippen LogP contribution in [0.15, 0.2) is 29.4 Å². The first kappa shape index (κ1) is 11.9. The van der Waals surface area contributed by atoms with Crippen LogP contribution in [0.4, 0.5) is 0 Å². The molecule has 0 amide bonds. The lowest BCUT2D eigenvalue weighted by molar-refractivity contribution is 0.301. The minimum absolute atomic E-state index is 0.152. The smallest absolute Gasteiger partial charge is 0.170 e. The van der Waals surface area contributed by atoms with E-state index < -0.39 is 0 Å². The second kappa shape index (κ2) is 5.68. The third-order valence-electron chi connectivity index (χ3n) is 3.34. The zero-order chi connectivity index (χ0) is 12.1. The van der Waals surface area contributed by atoms with Crippen molar-refractivity contribution in [2.75, 3.05) is 6.54 Å². The number of hydrogen-bond acceptors (Lipinski definition) is 3. The molecule has 0 heterocycles. The maximum absolute atomic E-state index is 8.54. The Kier molecular flexibility index (Phi) is 3.98. The van der Waals surface area contributed by atoms with Gasteiger partial charge < -0.3 is 16.3 Å². The SMILES string of the molecule is NC(=NO)c1ccc(CNCC2CCC2)cc1. The minimum atomic E-state index is 0.152. The van der Waals surface area contributed by atoms with E-state index in [0.29, 0.717) is 0 Å². The molecule has 1 aromatic rings. The number of hydrogen-bond donors (Lipinski definition) is 3. The Morgan fingerprint density at radius 3 is 2.59 bits per heavy atom. The van der Waals surface area contributed by atoms with E-state index in [-0.39, 0.29) is 5.84 Å². The highest BCUT2D eigenvalue weighted by molar-refractivity contribution is 5.96. The Hall–Kier alpha value is -1.55. The van der Waals surface area contributed by atoms with Crippen LogP contribution in [0.25, 0.3) is 0 Å². The molecule has 1 aliphatic carbocycles. The summed E-state index contributed by atoms with van der Waals surface area (Å²) in [5, 5.41) is 15.0. The number of oxime groups is 1. The first-order valence-corrected chi connectivity index (χ1v) is 6.07. The molecule has 2 rings (SSSR count). The number of rotatable bonds is 5. The molecule has 0 atom stereocenters. The average molecular weight is 233 g/mol. The number of nitrogens with one attached hydrogen (secondary N) is 1. The van der Waals surface area contributed by atoms with E-state index >= 15 is 0 Å². The van der Waals surface area contributed by atoms with Crippen molar-refractivity contribution in [2.24, 2.45) is 16.8 Å². The van der Waals surface area contributed by atoms with Crippen molar-refractivity contribution in [2.45, 2.75) is 25.8 Å². The molecule has 1 fully saturated rings. The van der Waals surface area contributed by atoms with Crippen LogP contribution in [0.3, 0.4) is 0 Å². The van der Waals surface area contributed by atoms with Crippen molar-refractivity contribution < 1.29 is 5.21 Å². The lowest BCUT2D eigenvalue weighted by atomic mass is 9.85. The number of nitrogens with zero attached hydrogens (tertiary/aromatic N) is 1. The summed E-state index contributed by atoms with van der Waals surface area (Å²) in [7, 11) is 0. The summed E-state index contributed by atoms with van der Waals surface area (Å²) < 4.78 is 0. The molecule has 4 heteroatoms. The van der Waals surface area contributed by atoms with E-state index in [1.165, 1.54) is 24.8 Å². The predicted octanol–water partition coefficient (Wildman–Crippen LogP) is 1.67. The fraction of sp³-hybridized carbons (Fsp3) is 0.462. The zero-order valence-corrected chi connectivity index (χ0v) is 9.89. The molecule has 0 saturated heterocycles. The maximum Gasteiger partial charge on any atom is 0.170 e. The minimum Gasteiger partial charge on any atom is -0.409 e. The first-order valence-electron chi connectivity index (χ1n) is 6.07. The molecule has 1 aliphatic rings. The Bertz CT molecular complexity index is 382. The van der Waals surface area contributed by atoms with E-state index in [0.717, 1.165) is 24.6 Å². The molecule has 0 bridgehead atoms. The van der Waals surface area contributed by atoms with Crippen molar-refractivity contribution in [1.29, 1.82) is 0 Å². The summed E-state index contributed by atoms with van der Waals surface area (Å²) in [5.41, 5.74) is 7.46. The molecule has 92 valence electrons. The van der Waals surface area contributed by atoms with Gasteiger partial charge in [-0.15, -0.1) is 0 Å². The maximum atomic E-state index is 8.54. The number of nitrogens with two attached hydrogens (primary N) is 1. The molecule has 0 aromatic heterocycles. The van der Waals surface area contributed by atoms with Crippen LogP contribution in [0.2, 0.25) is 0 Å². The fourth-order valence-corrected chi connectivity index (χ4v) is 1.97. The van der Waals surface area contributed by atoms with Crippen LogP contribution in [0, 0.1) is 5.92 Å². The van der Waals surface area contributed by atoms with E-state index in [1.54, 1.807) is 0 Å². The van der Waals surface area contributed by atoms with Gasteiger partial charge in [-0.25, -0.2) is 0 Å². The monoisotopic (exact) mass is 233 g/mol. The van der Waals surface area contributed by atoms with Gasteiger partial charge in [-0.1, -0.05) is 35.8 Å². The highest BCUT2D eigenvalue weighted by Crippen LogP contribution is 2.25. The number of benzene rings is 1. The Morgan fingerprint density at radius 1 is 1.35 bits per heavy atom. The Labute approximate surface area is 102 Å². The summed E-state index contributed by atoms with van der Waals surface area (Å²) in [6.45, 7) is 1.99. The molecule has 4 N–H and O–H groups in total. The van der Waals surface area contributed by atoms with Gasteiger partial charge in [0.15, 0.2) is 5.84 Å². The topological polar surface area (TPSA) is 70.6 Å². The van der Waals surface area contributed by atoms with Gasteiger partial charge in [-0.2, -0.15) is 0 Å². The zero-order valence-electron chi connectivity index (χ0n) is 9.89. The van der Waals surface area contributed by atoms with Crippen molar-refractivity contribution in [3.63, 3.8) is 0 Å². The largest absolute Gasteiger partial charge is 0.409 e. The number of amidine groups is 1. The second-order valence-electron chi connectivity index (χ2n) is 4.61. The van der Waals surface area contributed by atoms with Crippen LogP contribution in [0.5, 0.6) is 0 Å². The molecule has 17 heavy (non-hydrogen) atoms. The van der Waals surface area contributed by atoms with Gasteiger partial charge in [-0.3, -0.25) is 0 Å².